The van der Waals surface area contributed by atoms with Gasteiger partial charge in [-0.1, -0.05) is 35.3 Å². The van der Waals surface area contributed by atoms with E-state index in [1.165, 1.54) is 24.4 Å². The van der Waals surface area contributed by atoms with E-state index in [-0.39, 0.29) is 35.3 Å². The smallest absolute Gasteiger partial charge is 0.248 e. The number of aliphatic hydroxyl groups excluding tert-OH is 1. The van der Waals surface area contributed by atoms with Crippen molar-refractivity contribution in [3.63, 3.8) is 0 Å². The van der Waals surface area contributed by atoms with E-state index < -0.39 is 11.6 Å². The van der Waals surface area contributed by atoms with Crippen molar-refractivity contribution in [2.75, 3.05) is 13.2 Å². The van der Waals surface area contributed by atoms with Gasteiger partial charge < -0.3 is 9.84 Å². The zero-order valence-corrected chi connectivity index (χ0v) is 12.6. The molecule has 1 aromatic rings. The number of Topliss-reactive ketones (excluding diaryl/α,β-unsaturated/α-hetero) is 2. The second-order valence-corrected chi connectivity index (χ2v) is 4.50. The van der Waals surface area contributed by atoms with Crippen LogP contribution >= 0.6 is 11.6 Å². The third kappa shape index (κ3) is 3.87. The molecule has 0 aliphatic heterocycles. The number of pyridine rings is 1. The number of aromatic nitrogens is 1. The van der Waals surface area contributed by atoms with Crippen LogP contribution in [0.2, 0.25) is 0 Å². The molecule has 0 fully saturated rings. The molecule has 1 N–H and O–H groups in total. The zero-order chi connectivity index (χ0) is 16.7. The van der Waals surface area contributed by atoms with E-state index in [0.717, 1.165) is 0 Å². The quantitative estimate of drug-likeness (QED) is 0.833. The van der Waals surface area contributed by atoms with E-state index in [4.69, 9.17) is 21.4 Å². The van der Waals surface area contributed by atoms with Crippen molar-refractivity contribution in [1.29, 1.82) is 0 Å². The van der Waals surface area contributed by atoms with Crippen LogP contribution in [0.1, 0.15) is 20.8 Å². The van der Waals surface area contributed by atoms with Crippen LogP contribution in [0, 0.1) is 23.7 Å². The van der Waals surface area contributed by atoms with Crippen LogP contribution in [-0.4, -0.2) is 34.9 Å². The monoisotopic (exact) mass is 327 g/mol. The number of rotatable bonds is 2. The van der Waals surface area contributed by atoms with Gasteiger partial charge in [0, 0.05) is 6.20 Å². The number of hydrogen-bond donors (Lipinski definition) is 1. The molecule has 0 amide bonds. The second kappa shape index (κ2) is 7.95. The van der Waals surface area contributed by atoms with E-state index in [1.807, 2.05) is 0 Å². The number of hydrogen-bond acceptors (Lipinski definition) is 5. The Kier molecular flexibility index (Phi) is 5.71. The van der Waals surface area contributed by atoms with Gasteiger partial charge in [0.05, 0.1) is 5.56 Å². The van der Waals surface area contributed by atoms with Crippen molar-refractivity contribution in [3.05, 3.63) is 52.5 Å². The largest absolute Gasteiger partial charge is 0.475 e. The molecular formula is C17H10ClNO4. The zero-order valence-electron chi connectivity index (χ0n) is 11.8. The molecular weight excluding hydrogens is 318 g/mol. The lowest BCUT2D eigenvalue weighted by Crippen LogP contribution is -2.23. The van der Waals surface area contributed by atoms with Crippen LogP contribution in [0.15, 0.2) is 41.3 Å². The summed E-state index contributed by atoms with van der Waals surface area (Å²) in [6.07, 6.45) is 4.34. The minimum absolute atomic E-state index is 0.0176. The summed E-state index contributed by atoms with van der Waals surface area (Å²) in [5, 5.41) is 8.17. The number of halogens is 1. The number of nitrogens with zero attached hydrogens (tertiary/aromatic N) is 1. The van der Waals surface area contributed by atoms with E-state index in [9.17, 15) is 9.59 Å². The minimum Gasteiger partial charge on any atom is -0.475 e. The second-order valence-electron chi connectivity index (χ2n) is 4.12. The number of carbonyl (C=O) groups excluding carboxylic acids is 2. The Morgan fingerprint density at radius 2 is 1.96 bits per heavy atom. The fraction of sp³-hybridized carbons (Fsp3) is 0.118. The van der Waals surface area contributed by atoms with Crippen LogP contribution in [0.3, 0.4) is 0 Å². The molecule has 1 aliphatic carbocycles. The van der Waals surface area contributed by atoms with E-state index in [0.29, 0.717) is 0 Å². The maximum atomic E-state index is 12.2. The van der Waals surface area contributed by atoms with Crippen molar-refractivity contribution in [2.24, 2.45) is 0 Å². The Morgan fingerprint density at radius 3 is 2.70 bits per heavy atom. The Hall–Kier alpha value is -2.86. The van der Waals surface area contributed by atoms with E-state index >= 15 is 0 Å². The van der Waals surface area contributed by atoms with Gasteiger partial charge in [0.1, 0.15) is 23.9 Å². The fourth-order valence-corrected chi connectivity index (χ4v) is 1.97. The topological polar surface area (TPSA) is 76.5 Å². The molecule has 2 rings (SSSR count). The molecule has 0 saturated carbocycles. The third-order valence-corrected chi connectivity index (χ3v) is 3.04. The molecule has 6 heteroatoms. The summed E-state index contributed by atoms with van der Waals surface area (Å²) in [6, 6.07) is 3.04. The number of allylic oxidation sites excluding steroid dienone is 4. The number of ketones is 2. The van der Waals surface area contributed by atoms with Crippen molar-refractivity contribution in [1.82, 2.24) is 4.98 Å². The average Bonchev–Trinajstić information content (AvgIpc) is 2.58. The van der Waals surface area contributed by atoms with E-state index in [2.05, 4.69) is 28.7 Å². The molecule has 23 heavy (non-hydrogen) atoms. The Bertz CT molecular complexity index is 831. The van der Waals surface area contributed by atoms with E-state index in [1.54, 1.807) is 6.07 Å². The van der Waals surface area contributed by atoms with Crippen LogP contribution < -0.4 is 0 Å². The summed E-state index contributed by atoms with van der Waals surface area (Å²) in [4.78, 5) is 28.2. The first-order valence-electron chi connectivity index (χ1n) is 6.46. The Balaban J connectivity index is 2.08. The normalized spacial score (nSPS) is 13.1. The molecule has 5 nitrogen and oxygen atoms in total. The van der Waals surface area contributed by atoms with Crippen molar-refractivity contribution < 1.29 is 19.4 Å². The predicted octanol–water partition coefficient (Wildman–Crippen LogP) is 1.48. The fourth-order valence-electron chi connectivity index (χ4n) is 1.72. The molecule has 0 radical (unpaired) electrons. The highest BCUT2D eigenvalue weighted by atomic mass is 35.5. The molecule has 114 valence electrons. The molecule has 0 spiro atoms. The van der Waals surface area contributed by atoms with Crippen molar-refractivity contribution in [2.45, 2.75) is 0 Å². The van der Waals surface area contributed by atoms with Gasteiger partial charge in [0.15, 0.2) is 5.76 Å². The van der Waals surface area contributed by atoms with Gasteiger partial charge in [-0.2, -0.15) is 0 Å². The molecule has 1 aromatic heterocycles. The lowest BCUT2D eigenvalue weighted by Gasteiger charge is -2.15. The standard InChI is InChI=1S/C17H10ClNO4/c18-13-15(21)12-8-7-9-19-14(12)16(22)17(13)23-11-6-4-2-1-3-5-10-20/h1-2,7-9,20H,10-11H2/b2-1-. The molecule has 0 atom stereocenters. The van der Waals surface area contributed by atoms with Crippen LogP contribution in [0.25, 0.3) is 0 Å². The van der Waals surface area contributed by atoms with Crippen molar-refractivity contribution in [3.8, 4) is 23.7 Å². The summed E-state index contributed by atoms with van der Waals surface area (Å²) in [6.45, 7) is -0.344. The summed E-state index contributed by atoms with van der Waals surface area (Å²) in [7, 11) is 0. The number of ether oxygens (including phenoxy) is 1. The highest BCUT2D eigenvalue weighted by molar-refractivity contribution is 6.49. The maximum absolute atomic E-state index is 12.2. The number of carbonyl (C=O) groups is 2. The van der Waals surface area contributed by atoms with Gasteiger partial charge in [-0.25, -0.2) is 0 Å². The predicted molar refractivity (Wildman–Crippen MR) is 83.5 cm³/mol. The maximum Gasteiger partial charge on any atom is 0.248 e. The van der Waals surface area contributed by atoms with Gasteiger partial charge in [0.2, 0.25) is 11.6 Å². The first-order chi connectivity index (χ1) is 11.2. The van der Waals surface area contributed by atoms with Crippen molar-refractivity contribution >= 4 is 23.2 Å². The number of fused-ring (bicyclic) bond motifs is 1. The average molecular weight is 328 g/mol. The first-order valence-corrected chi connectivity index (χ1v) is 6.84. The third-order valence-electron chi connectivity index (χ3n) is 2.69. The summed E-state index contributed by atoms with van der Waals surface area (Å²) >= 11 is 5.91. The Labute approximate surface area is 137 Å². The highest BCUT2D eigenvalue weighted by Gasteiger charge is 2.33. The highest BCUT2D eigenvalue weighted by Crippen LogP contribution is 2.27. The van der Waals surface area contributed by atoms with Crippen LogP contribution in [0.4, 0.5) is 0 Å². The minimum atomic E-state index is -0.545. The van der Waals surface area contributed by atoms with Crippen LogP contribution in [-0.2, 0) is 4.74 Å². The number of aliphatic hydroxyl groups is 1. The summed E-state index contributed by atoms with van der Waals surface area (Å²) in [5.74, 6) is 8.92. The molecule has 0 unspecified atom stereocenters. The Morgan fingerprint density at radius 1 is 1.22 bits per heavy atom. The lowest BCUT2D eigenvalue weighted by molar-refractivity contribution is 0.0894. The van der Waals surface area contributed by atoms with Gasteiger partial charge in [-0.05, 0) is 24.3 Å². The van der Waals surface area contributed by atoms with Gasteiger partial charge >= 0.3 is 0 Å². The van der Waals surface area contributed by atoms with Gasteiger partial charge in [-0.15, -0.1) is 0 Å². The SMILES string of the molecule is O=C1C(Cl)=C(OCC#C/C=C\C#CCO)C(=O)c2ncccc21. The van der Waals surface area contributed by atoms with Gasteiger partial charge in [0.25, 0.3) is 0 Å². The first kappa shape index (κ1) is 16.5. The summed E-state index contributed by atoms with van der Waals surface area (Å²) < 4.78 is 5.22. The van der Waals surface area contributed by atoms with Gasteiger partial charge in [-0.3, -0.25) is 14.6 Å². The molecule has 0 aromatic carbocycles. The molecule has 1 heterocycles. The lowest BCUT2D eigenvalue weighted by atomic mass is 9.98. The summed E-state index contributed by atoms with van der Waals surface area (Å²) in [5.41, 5.74) is 0.176. The molecule has 0 bridgehead atoms. The molecule has 0 saturated heterocycles. The van der Waals surface area contributed by atoms with Crippen LogP contribution in [0.5, 0.6) is 0 Å². The molecule has 1 aliphatic rings.